The molecule has 2 aromatic rings. The molecule has 0 saturated carbocycles. The highest BCUT2D eigenvalue weighted by Crippen LogP contribution is 2.14. The number of halogens is 1. The highest BCUT2D eigenvalue weighted by Gasteiger charge is 2.21. The van der Waals surface area contributed by atoms with Crippen LogP contribution in [-0.4, -0.2) is 29.9 Å². The zero-order chi connectivity index (χ0) is 16.8. The first-order chi connectivity index (χ1) is 11.7. The van der Waals surface area contributed by atoms with E-state index >= 15 is 0 Å². The van der Waals surface area contributed by atoms with Crippen molar-refractivity contribution in [3.63, 3.8) is 0 Å². The lowest BCUT2D eigenvalue weighted by Crippen LogP contribution is -2.47. The molecule has 126 valence electrons. The molecule has 1 aliphatic heterocycles. The van der Waals surface area contributed by atoms with Crippen LogP contribution >= 0.6 is 0 Å². The maximum absolute atomic E-state index is 12.9. The van der Waals surface area contributed by atoms with Gasteiger partial charge in [-0.1, -0.05) is 42.5 Å². The zero-order valence-corrected chi connectivity index (χ0v) is 13.7. The number of carbonyl (C=O) groups excluding carboxylic acids is 1. The van der Waals surface area contributed by atoms with Crippen molar-refractivity contribution >= 4 is 5.91 Å². The fraction of sp³-hybridized carbons (Fsp3) is 0.350. The second-order valence-corrected chi connectivity index (χ2v) is 6.43. The highest BCUT2D eigenvalue weighted by molar-refractivity contribution is 5.78. The molecular formula is C20H23FN2O. The lowest BCUT2D eigenvalue weighted by molar-refractivity contribution is -0.121. The zero-order valence-electron chi connectivity index (χ0n) is 13.7. The smallest absolute Gasteiger partial charge is 0.224 e. The van der Waals surface area contributed by atoms with E-state index in [1.54, 1.807) is 12.1 Å². The molecule has 0 aliphatic carbocycles. The Morgan fingerprint density at radius 3 is 2.58 bits per heavy atom. The number of hydrogen-bond acceptors (Lipinski definition) is 2. The monoisotopic (exact) mass is 326 g/mol. The molecule has 24 heavy (non-hydrogen) atoms. The maximum Gasteiger partial charge on any atom is 0.224 e. The molecule has 1 amide bonds. The van der Waals surface area contributed by atoms with E-state index in [1.807, 2.05) is 6.07 Å². The fourth-order valence-electron chi connectivity index (χ4n) is 3.22. The number of likely N-dealkylation sites (tertiary alicyclic amines) is 1. The third-order valence-corrected chi connectivity index (χ3v) is 4.40. The summed E-state index contributed by atoms with van der Waals surface area (Å²) in [5.41, 5.74) is 2.14. The van der Waals surface area contributed by atoms with Crippen LogP contribution in [0.3, 0.4) is 0 Å². The van der Waals surface area contributed by atoms with Crippen LogP contribution in [0, 0.1) is 5.82 Å². The predicted octanol–water partition coefficient (Wildman–Crippen LogP) is 3.15. The molecule has 1 atom stereocenters. The van der Waals surface area contributed by atoms with Crippen LogP contribution in [-0.2, 0) is 17.8 Å². The van der Waals surface area contributed by atoms with Crippen LogP contribution in [0.25, 0.3) is 0 Å². The summed E-state index contributed by atoms with van der Waals surface area (Å²) in [6.45, 7) is 2.87. The second-order valence-electron chi connectivity index (χ2n) is 6.43. The predicted molar refractivity (Wildman–Crippen MR) is 93.0 cm³/mol. The van der Waals surface area contributed by atoms with E-state index in [2.05, 4.69) is 34.5 Å². The van der Waals surface area contributed by atoms with Gasteiger partial charge in [0.05, 0.1) is 6.42 Å². The van der Waals surface area contributed by atoms with Gasteiger partial charge < -0.3 is 5.32 Å². The summed E-state index contributed by atoms with van der Waals surface area (Å²) in [5.74, 6) is -0.267. The largest absolute Gasteiger partial charge is 0.352 e. The van der Waals surface area contributed by atoms with Gasteiger partial charge >= 0.3 is 0 Å². The van der Waals surface area contributed by atoms with Gasteiger partial charge in [0.15, 0.2) is 0 Å². The molecule has 0 unspecified atom stereocenters. The summed E-state index contributed by atoms with van der Waals surface area (Å²) >= 11 is 0. The lowest BCUT2D eigenvalue weighted by Gasteiger charge is -2.33. The number of rotatable bonds is 5. The molecular weight excluding hydrogens is 303 g/mol. The Hall–Kier alpha value is -2.20. The number of carbonyl (C=O) groups is 1. The molecule has 1 heterocycles. The highest BCUT2D eigenvalue weighted by atomic mass is 19.1. The summed E-state index contributed by atoms with van der Waals surface area (Å²) in [7, 11) is 0. The first-order valence-corrected chi connectivity index (χ1v) is 8.49. The Balaban J connectivity index is 1.49. The van der Waals surface area contributed by atoms with Crippen molar-refractivity contribution in [1.82, 2.24) is 10.2 Å². The molecule has 1 saturated heterocycles. The van der Waals surface area contributed by atoms with Crippen LogP contribution in [0.2, 0.25) is 0 Å². The molecule has 3 rings (SSSR count). The minimum Gasteiger partial charge on any atom is -0.352 e. The number of hydrogen-bond donors (Lipinski definition) is 1. The van der Waals surface area contributed by atoms with Gasteiger partial charge in [0.1, 0.15) is 5.82 Å². The van der Waals surface area contributed by atoms with Gasteiger partial charge in [0, 0.05) is 19.1 Å². The number of nitrogens with one attached hydrogen (secondary N) is 1. The second kappa shape index (κ2) is 8.06. The topological polar surface area (TPSA) is 32.3 Å². The lowest BCUT2D eigenvalue weighted by atomic mass is 10.0. The molecule has 0 radical (unpaired) electrons. The Kier molecular flexibility index (Phi) is 5.59. The Labute approximate surface area is 142 Å². The van der Waals surface area contributed by atoms with Crippen molar-refractivity contribution in [1.29, 1.82) is 0 Å². The third-order valence-electron chi connectivity index (χ3n) is 4.40. The molecule has 0 aromatic heterocycles. The van der Waals surface area contributed by atoms with E-state index in [0.29, 0.717) is 6.42 Å². The van der Waals surface area contributed by atoms with Crippen LogP contribution in [0.4, 0.5) is 4.39 Å². The van der Waals surface area contributed by atoms with Crippen molar-refractivity contribution in [3.05, 3.63) is 71.5 Å². The summed E-state index contributed by atoms with van der Waals surface area (Å²) in [5, 5.41) is 3.12. The normalized spacial score (nSPS) is 18.3. The average molecular weight is 326 g/mol. The molecule has 2 aromatic carbocycles. The summed E-state index contributed by atoms with van der Waals surface area (Å²) < 4.78 is 12.9. The van der Waals surface area contributed by atoms with Gasteiger partial charge in [-0.2, -0.15) is 0 Å². The SMILES string of the molecule is O=C(Cc1ccc(F)cc1)N[C@@H]1CCCN(Cc2ccccc2)C1. The first-order valence-electron chi connectivity index (χ1n) is 8.49. The van der Waals surface area contributed by atoms with E-state index in [9.17, 15) is 9.18 Å². The number of nitrogens with zero attached hydrogens (tertiary/aromatic N) is 1. The molecule has 4 heteroatoms. The van der Waals surface area contributed by atoms with Gasteiger partial charge in [-0.3, -0.25) is 9.69 Å². The molecule has 0 spiro atoms. The van der Waals surface area contributed by atoms with Crippen LogP contribution in [0.5, 0.6) is 0 Å². The quantitative estimate of drug-likeness (QED) is 0.915. The van der Waals surface area contributed by atoms with Crippen LogP contribution < -0.4 is 5.32 Å². The molecule has 3 nitrogen and oxygen atoms in total. The Morgan fingerprint density at radius 1 is 1.08 bits per heavy atom. The van der Waals surface area contributed by atoms with Crippen LogP contribution in [0.15, 0.2) is 54.6 Å². The summed E-state index contributed by atoms with van der Waals surface area (Å²) in [6.07, 6.45) is 2.41. The van der Waals surface area contributed by atoms with Crippen molar-refractivity contribution in [2.75, 3.05) is 13.1 Å². The number of piperidine rings is 1. The molecule has 1 aliphatic rings. The first kappa shape index (κ1) is 16.7. The maximum atomic E-state index is 12.9. The van der Waals surface area contributed by atoms with E-state index in [-0.39, 0.29) is 17.8 Å². The molecule has 1 fully saturated rings. The van der Waals surface area contributed by atoms with Crippen LogP contribution in [0.1, 0.15) is 24.0 Å². The van der Waals surface area contributed by atoms with Crippen molar-refractivity contribution < 1.29 is 9.18 Å². The average Bonchev–Trinajstić information content (AvgIpc) is 2.58. The Morgan fingerprint density at radius 2 is 1.83 bits per heavy atom. The molecule has 0 bridgehead atoms. The van der Waals surface area contributed by atoms with Gasteiger partial charge in [-0.05, 0) is 42.6 Å². The summed E-state index contributed by atoms with van der Waals surface area (Å²) in [4.78, 5) is 14.6. The van der Waals surface area contributed by atoms with E-state index < -0.39 is 0 Å². The summed E-state index contributed by atoms with van der Waals surface area (Å²) in [6, 6.07) is 16.7. The van der Waals surface area contributed by atoms with E-state index in [4.69, 9.17) is 0 Å². The van der Waals surface area contributed by atoms with Gasteiger partial charge in [0.2, 0.25) is 5.91 Å². The minimum absolute atomic E-state index is 0.00756. The van der Waals surface area contributed by atoms with Gasteiger partial charge in [-0.25, -0.2) is 4.39 Å². The minimum atomic E-state index is -0.275. The Bertz CT molecular complexity index is 657. The van der Waals surface area contributed by atoms with Crippen molar-refractivity contribution in [3.8, 4) is 0 Å². The van der Waals surface area contributed by atoms with Gasteiger partial charge in [0.25, 0.3) is 0 Å². The standard InChI is InChI=1S/C20H23FN2O/c21-18-10-8-16(9-11-18)13-20(24)22-19-7-4-12-23(15-19)14-17-5-2-1-3-6-17/h1-3,5-6,8-11,19H,4,7,12-15H2,(H,22,24)/t19-/m1/s1. The van der Waals surface area contributed by atoms with E-state index in [1.165, 1.54) is 17.7 Å². The van der Waals surface area contributed by atoms with Gasteiger partial charge in [-0.15, -0.1) is 0 Å². The van der Waals surface area contributed by atoms with Crippen molar-refractivity contribution in [2.45, 2.75) is 31.8 Å². The number of benzene rings is 2. The fourth-order valence-corrected chi connectivity index (χ4v) is 3.22. The van der Waals surface area contributed by atoms with Crippen molar-refractivity contribution in [2.24, 2.45) is 0 Å². The van der Waals surface area contributed by atoms with E-state index in [0.717, 1.165) is 38.0 Å². The number of amides is 1. The molecule has 1 N–H and O–H groups in total. The third kappa shape index (κ3) is 4.90.